The molecule has 0 aliphatic heterocycles. The van der Waals surface area contributed by atoms with Gasteiger partial charge in [-0.15, -0.1) is 0 Å². The highest BCUT2D eigenvalue weighted by atomic mass is 32.2. The third kappa shape index (κ3) is 3.50. The van der Waals surface area contributed by atoms with Gasteiger partial charge in [0.2, 0.25) is 10.0 Å². The maximum Gasteiger partial charge on any atom is 0.358 e. The predicted octanol–water partition coefficient (Wildman–Crippen LogP) is -0.365. The lowest BCUT2D eigenvalue weighted by Gasteiger charge is -2.02. The van der Waals surface area contributed by atoms with E-state index in [2.05, 4.69) is 19.4 Å². The van der Waals surface area contributed by atoms with E-state index in [1.54, 1.807) is 0 Å². The van der Waals surface area contributed by atoms with Gasteiger partial charge in [-0.05, 0) is 0 Å². The number of carbonyl (C=O) groups excluding carboxylic acids is 1. The van der Waals surface area contributed by atoms with Crippen molar-refractivity contribution in [3.63, 3.8) is 0 Å². The Bertz CT molecular complexity index is 454. The quantitative estimate of drug-likeness (QED) is 0.713. The number of hydrogen-bond donors (Lipinski definition) is 1. The van der Waals surface area contributed by atoms with Gasteiger partial charge in [-0.2, -0.15) is 0 Å². The molecular weight excluding hydrogens is 222 g/mol. The van der Waals surface area contributed by atoms with Gasteiger partial charge in [-0.3, -0.25) is 4.72 Å². The van der Waals surface area contributed by atoms with Gasteiger partial charge in [-0.25, -0.2) is 23.2 Å². The first kappa shape index (κ1) is 11.4. The molecule has 1 aromatic rings. The molecule has 0 saturated carbocycles. The third-order valence-corrected chi connectivity index (χ3v) is 1.92. The zero-order chi connectivity index (χ0) is 11.5. The Morgan fingerprint density at radius 3 is 2.47 bits per heavy atom. The van der Waals surface area contributed by atoms with Crippen LogP contribution >= 0.6 is 0 Å². The largest absolute Gasteiger partial charge is 0.464 e. The van der Waals surface area contributed by atoms with Gasteiger partial charge in [0.25, 0.3) is 0 Å². The summed E-state index contributed by atoms with van der Waals surface area (Å²) in [5.41, 5.74) is 0.0107. The molecule has 0 aromatic carbocycles. The average Bonchev–Trinajstić information content (AvgIpc) is 2.15. The van der Waals surface area contributed by atoms with Crippen LogP contribution in [0.2, 0.25) is 0 Å². The van der Waals surface area contributed by atoms with Gasteiger partial charge in [0.15, 0.2) is 11.5 Å². The van der Waals surface area contributed by atoms with Crippen LogP contribution < -0.4 is 4.72 Å². The Kier molecular flexibility index (Phi) is 3.20. The minimum atomic E-state index is -3.38. The van der Waals surface area contributed by atoms with Crippen molar-refractivity contribution in [3.05, 3.63) is 18.1 Å². The summed E-state index contributed by atoms with van der Waals surface area (Å²) in [5.74, 6) is -0.585. The summed E-state index contributed by atoms with van der Waals surface area (Å²) in [4.78, 5) is 18.3. The lowest BCUT2D eigenvalue weighted by molar-refractivity contribution is 0.0593. The Morgan fingerprint density at radius 2 is 2.07 bits per heavy atom. The van der Waals surface area contributed by atoms with E-state index in [1.165, 1.54) is 7.11 Å². The highest BCUT2D eigenvalue weighted by Gasteiger charge is 2.08. The number of anilines is 1. The fraction of sp³-hybridized carbons (Fsp3) is 0.286. The second-order valence-corrected chi connectivity index (χ2v) is 4.40. The van der Waals surface area contributed by atoms with Crippen molar-refractivity contribution in [1.82, 2.24) is 9.97 Å². The van der Waals surface area contributed by atoms with Crippen LogP contribution in [0.5, 0.6) is 0 Å². The normalized spacial score (nSPS) is 10.8. The SMILES string of the molecule is COC(=O)c1cnc(NS(C)(=O)=O)cn1. The molecule has 7 nitrogen and oxygen atoms in total. The molecule has 1 rings (SSSR count). The minimum Gasteiger partial charge on any atom is -0.464 e. The lowest BCUT2D eigenvalue weighted by Crippen LogP contribution is -2.12. The molecule has 82 valence electrons. The summed E-state index contributed by atoms with van der Waals surface area (Å²) in [7, 11) is -2.17. The number of rotatable bonds is 3. The van der Waals surface area contributed by atoms with Gasteiger partial charge in [0, 0.05) is 0 Å². The monoisotopic (exact) mass is 231 g/mol. The molecule has 0 spiro atoms. The van der Waals surface area contributed by atoms with E-state index in [9.17, 15) is 13.2 Å². The third-order valence-electron chi connectivity index (χ3n) is 1.34. The Hall–Kier alpha value is -1.70. The molecule has 8 heteroatoms. The number of nitrogens with one attached hydrogen (secondary N) is 1. The van der Waals surface area contributed by atoms with E-state index < -0.39 is 16.0 Å². The predicted molar refractivity (Wildman–Crippen MR) is 51.8 cm³/mol. The summed E-state index contributed by atoms with van der Waals surface area (Å²) < 4.78 is 28.1. The molecule has 0 fully saturated rings. The van der Waals surface area contributed by atoms with Crippen LogP contribution in [0.3, 0.4) is 0 Å². The van der Waals surface area contributed by atoms with E-state index in [4.69, 9.17) is 0 Å². The second-order valence-electron chi connectivity index (χ2n) is 2.65. The number of carbonyl (C=O) groups is 1. The lowest BCUT2D eigenvalue weighted by atomic mass is 10.4. The summed E-state index contributed by atoms with van der Waals surface area (Å²) in [6.45, 7) is 0. The van der Waals surface area contributed by atoms with Crippen molar-refractivity contribution in [3.8, 4) is 0 Å². The summed E-state index contributed by atoms with van der Waals surface area (Å²) >= 11 is 0. The van der Waals surface area contributed by atoms with Crippen LogP contribution in [-0.4, -0.2) is 37.7 Å². The number of ether oxygens (including phenoxy) is 1. The van der Waals surface area contributed by atoms with Crippen molar-refractivity contribution in [2.75, 3.05) is 18.1 Å². The molecule has 0 amide bonds. The van der Waals surface area contributed by atoms with E-state index >= 15 is 0 Å². The average molecular weight is 231 g/mol. The Balaban J connectivity index is 2.86. The van der Waals surface area contributed by atoms with Crippen molar-refractivity contribution in [2.45, 2.75) is 0 Å². The summed E-state index contributed by atoms with van der Waals surface area (Å²) in [5, 5.41) is 0. The van der Waals surface area contributed by atoms with Crippen molar-refractivity contribution in [1.29, 1.82) is 0 Å². The number of nitrogens with zero attached hydrogens (tertiary/aromatic N) is 2. The van der Waals surface area contributed by atoms with Crippen LogP contribution in [-0.2, 0) is 14.8 Å². The zero-order valence-electron chi connectivity index (χ0n) is 8.09. The van der Waals surface area contributed by atoms with Gasteiger partial charge in [0.05, 0.1) is 25.8 Å². The van der Waals surface area contributed by atoms with E-state index in [1.807, 2.05) is 0 Å². The first-order valence-electron chi connectivity index (χ1n) is 3.80. The van der Waals surface area contributed by atoms with Crippen LogP contribution in [0.25, 0.3) is 0 Å². The number of sulfonamides is 1. The van der Waals surface area contributed by atoms with Gasteiger partial charge in [0.1, 0.15) is 0 Å². The minimum absolute atomic E-state index is 0.0107. The molecule has 1 aromatic heterocycles. The molecule has 0 saturated heterocycles. The van der Waals surface area contributed by atoms with Crippen LogP contribution in [0.15, 0.2) is 12.4 Å². The van der Waals surface area contributed by atoms with Gasteiger partial charge < -0.3 is 4.74 Å². The summed E-state index contributed by atoms with van der Waals surface area (Å²) in [6, 6.07) is 0. The maximum atomic E-state index is 10.9. The fourth-order valence-corrected chi connectivity index (χ4v) is 1.27. The number of aromatic nitrogens is 2. The van der Waals surface area contributed by atoms with Crippen LogP contribution in [0.4, 0.5) is 5.82 Å². The van der Waals surface area contributed by atoms with Crippen molar-refractivity contribution < 1.29 is 17.9 Å². The summed E-state index contributed by atoms with van der Waals surface area (Å²) in [6.07, 6.45) is 3.25. The molecule has 0 bridgehead atoms. The first-order chi connectivity index (χ1) is 6.92. The second kappa shape index (κ2) is 4.22. The molecule has 0 radical (unpaired) electrons. The highest BCUT2D eigenvalue weighted by Crippen LogP contribution is 2.03. The van der Waals surface area contributed by atoms with E-state index in [-0.39, 0.29) is 11.5 Å². The smallest absolute Gasteiger partial charge is 0.358 e. The number of esters is 1. The molecule has 0 aliphatic carbocycles. The zero-order valence-corrected chi connectivity index (χ0v) is 8.91. The van der Waals surface area contributed by atoms with Crippen molar-refractivity contribution >= 4 is 21.8 Å². The molecule has 1 N–H and O–H groups in total. The first-order valence-corrected chi connectivity index (χ1v) is 5.69. The number of methoxy groups -OCH3 is 1. The van der Waals surface area contributed by atoms with Crippen LogP contribution in [0.1, 0.15) is 10.5 Å². The molecule has 0 atom stereocenters. The van der Waals surface area contributed by atoms with Crippen molar-refractivity contribution in [2.24, 2.45) is 0 Å². The van der Waals surface area contributed by atoms with Gasteiger partial charge in [-0.1, -0.05) is 0 Å². The maximum absolute atomic E-state index is 10.9. The molecule has 15 heavy (non-hydrogen) atoms. The molecular formula is C7H9N3O4S. The molecule has 0 aliphatic rings. The molecule has 0 unspecified atom stereocenters. The van der Waals surface area contributed by atoms with Gasteiger partial charge >= 0.3 is 5.97 Å². The Labute approximate surface area is 86.6 Å². The highest BCUT2D eigenvalue weighted by molar-refractivity contribution is 7.92. The number of hydrogen-bond acceptors (Lipinski definition) is 6. The van der Waals surface area contributed by atoms with Crippen LogP contribution in [0, 0.1) is 0 Å². The standard InChI is InChI=1S/C7H9N3O4S/c1-14-7(11)5-3-9-6(4-8-5)10-15(2,12)13/h3-4H,1-2H3,(H,9,10). The fourth-order valence-electron chi connectivity index (χ4n) is 0.781. The van der Waals surface area contributed by atoms with E-state index in [0.717, 1.165) is 18.6 Å². The molecule has 1 heterocycles. The van der Waals surface area contributed by atoms with E-state index in [0.29, 0.717) is 0 Å². The topological polar surface area (TPSA) is 98.2 Å². The Morgan fingerprint density at radius 1 is 1.40 bits per heavy atom.